The summed E-state index contributed by atoms with van der Waals surface area (Å²) in [6, 6.07) is 0. The van der Waals surface area contributed by atoms with Crippen LogP contribution in [0.4, 0.5) is 4.79 Å². The van der Waals surface area contributed by atoms with Crippen LogP contribution in [0.1, 0.15) is 86.9 Å². The molecule has 0 saturated carbocycles. The van der Waals surface area contributed by atoms with E-state index in [2.05, 4.69) is 31.1 Å². The Hall–Kier alpha value is -1.59. The highest BCUT2D eigenvalue weighted by molar-refractivity contribution is 14.0. The topological polar surface area (TPSA) is 114 Å². The minimum atomic E-state index is -0.544. The summed E-state index contributed by atoms with van der Waals surface area (Å²) in [4.78, 5) is 21.3. The first-order valence-corrected chi connectivity index (χ1v) is 10.7. The van der Waals surface area contributed by atoms with Crippen molar-refractivity contribution < 1.29 is 14.1 Å². The molecular formula is C21H41IN6O3. The van der Waals surface area contributed by atoms with Gasteiger partial charge in [0.2, 0.25) is 5.89 Å². The first-order chi connectivity index (χ1) is 13.8. The quantitative estimate of drug-likeness (QED) is 0.253. The van der Waals surface area contributed by atoms with E-state index < -0.39 is 17.2 Å². The van der Waals surface area contributed by atoms with E-state index in [0.717, 1.165) is 12.8 Å². The largest absolute Gasteiger partial charge is 0.444 e. The lowest BCUT2D eigenvalue weighted by Crippen LogP contribution is -2.57. The smallest absolute Gasteiger partial charge is 0.408 e. The van der Waals surface area contributed by atoms with Gasteiger partial charge in [0.1, 0.15) is 12.1 Å². The number of hydrogen-bond donors (Lipinski definition) is 3. The SMILES string of the molecule is CCNC(=NCc1noc(C(C)(C)C)n1)NCC(CC)(CC)NC(=O)OC(C)(C)C.I. The van der Waals surface area contributed by atoms with Crippen molar-refractivity contribution in [2.24, 2.45) is 4.99 Å². The van der Waals surface area contributed by atoms with E-state index >= 15 is 0 Å². The monoisotopic (exact) mass is 552 g/mol. The summed E-state index contributed by atoms with van der Waals surface area (Å²) in [6.07, 6.45) is 1.07. The number of halogens is 1. The zero-order valence-electron chi connectivity index (χ0n) is 20.5. The molecule has 0 aliphatic carbocycles. The summed E-state index contributed by atoms with van der Waals surface area (Å²) in [5, 5.41) is 13.6. The molecule has 0 atom stereocenters. The number of carbonyl (C=O) groups excluding carboxylic acids is 1. The number of ether oxygens (including phenoxy) is 1. The third-order valence-electron chi connectivity index (χ3n) is 4.55. The molecule has 31 heavy (non-hydrogen) atoms. The van der Waals surface area contributed by atoms with E-state index in [1.807, 2.05) is 62.3 Å². The number of aromatic nitrogens is 2. The molecule has 180 valence electrons. The maximum atomic E-state index is 12.3. The molecule has 0 spiro atoms. The number of amides is 1. The summed E-state index contributed by atoms with van der Waals surface area (Å²) < 4.78 is 10.8. The van der Waals surface area contributed by atoms with Gasteiger partial charge >= 0.3 is 6.09 Å². The average molecular weight is 553 g/mol. The Balaban J connectivity index is 0.00000900. The molecule has 0 saturated heterocycles. The van der Waals surface area contributed by atoms with Gasteiger partial charge in [0.25, 0.3) is 0 Å². The molecule has 0 aliphatic heterocycles. The van der Waals surface area contributed by atoms with Crippen molar-refractivity contribution in [2.45, 2.75) is 98.3 Å². The van der Waals surface area contributed by atoms with E-state index in [-0.39, 0.29) is 29.4 Å². The van der Waals surface area contributed by atoms with Crippen molar-refractivity contribution in [3.05, 3.63) is 11.7 Å². The van der Waals surface area contributed by atoms with Gasteiger partial charge in [-0.15, -0.1) is 24.0 Å². The fourth-order valence-corrected chi connectivity index (χ4v) is 2.61. The second-order valence-corrected chi connectivity index (χ2v) is 9.43. The Morgan fingerprint density at radius 2 is 1.68 bits per heavy atom. The van der Waals surface area contributed by atoms with Crippen molar-refractivity contribution >= 4 is 36.0 Å². The molecule has 0 aromatic carbocycles. The third kappa shape index (κ3) is 10.5. The van der Waals surface area contributed by atoms with Gasteiger partial charge in [-0.25, -0.2) is 9.79 Å². The number of hydrogen-bond acceptors (Lipinski definition) is 6. The van der Waals surface area contributed by atoms with Gasteiger partial charge in [0.15, 0.2) is 11.8 Å². The average Bonchev–Trinajstić information content (AvgIpc) is 3.11. The normalized spacial score (nSPS) is 12.7. The van der Waals surface area contributed by atoms with Crippen molar-refractivity contribution in [2.75, 3.05) is 13.1 Å². The van der Waals surface area contributed by atoms with Crippen LogP contribution in [0.2, 0.25) is 0 Å². The fourth-order valence-electron chi connectivity index (χ4n) is 2.61. The van der Waals surface area contributed by atoms with Crippen LogP contribution in [0, 0.1) is 0 Å². The van der Waals surface area contributed by atoms with Gasteiger partial charge in [-0.2, -0.15) is 4.98 Å². The molecule has 0 unspecified atom stereocenters. The van der Waals surface area contributed by atoms with Crippen LogP contribution in [-0.2, 0) is 16.7 Å². The Kier molecular flexibility index (Phi) is 11.8. The number of carbonyl (C=O) groups is 1. The lowest BCUT2D eigenvalue weighted by Gasteiger charge is -2.34. The molecule has 1 aromatic rings. The highest BCUT2D eigenvalue weighted by atomic mass is 127. The summed E-state index contributed by atoms with van der Waals surface area (Å²) in [6.45, 7) is 19.2. The Morgan fingerprint density at radius 1 is 1.06 bits per heavy atom. The third-order valence-corrected chi connectivity index (χ3v) is 4.55. The second kappa shape index (κ2) is 12.4. The highest BCUT2D eigenvalue weighted by Gasteiger charge is 2.30. The number of alkyl carbamates (subject to hydrolysis) is 1. The van der Waals surface area contributed by atoms with Gasteiger partial charge in [-0.1, -0.05) is 39.8 Å². The predicted octanol–water partition coefficient (Wildman–Crippen LogP) is 4.12. The maximum Gasteiger partial charge on any atom is 0.408 e. The summed E-state index contributed by atoms with van der Waals surface area (Å²) in [5.41, 5.74) is -1.20. The Morgan fingerprint density at radius 3 is 2.13 bits per heavy atom. The van der Waals surface area contributed by atoms with Gasteiger partial charge < -0.3 is 25.2 Å². The minimum absolute atomic E-state index is 0. The Bertz CT molecular complexity index is 703. The molecule has 1 amide bonds. The number of aliphatic imine (C=N–C) groups is 1. The summed E-state index contributed by atoms with van der Waals surface area (Å²) in [5.74, 6) is 1.74. The van der Waals surface area contributed by atoms with E-state index in [1.165, 1.54) is 0 Å². The molecule has 0 aliphatic rings. The van der Waals surface area contributed by atoms with Crippen LogP contribution in [-0.4, -0.2) is 46.4 Å². The fraction of sp³-hybridized carbons (Fsp3) is 0.810. The van der Waals surface area contributed by atoms with Crippen molar-refractivity contribution in [3.8, 4) is 0 Å². The van der Waals surface area contributed by atoms with Crippen LogP contribution in [0.25, 0.3) is 0 Å². The van der Waals surface area contributed by atoms with Crippen molar-refractivity contribution in [1.82, 2.24) is 26.1 Å². The molecule has 1 heterocycles. The lowest BCUT2D eigenvalue weighted by atomic mass is 9.93. The summed E-state index contributed by atoms with van der Waals surface area (Å²) >= 11 is 0. The van der Waals surface area contributed by atoms with Crippen LogP contribution in [0.5, 0.6) is 0 Å². The van der Waals surface area contributed by atoms with Gasteiger partial charge in [0.05, 0.1) is 5.54 Å². The van der Waals surface area contributed by atoms with E-state index in [0.29, 0.717) is 37.3 Å². The van der Waals surface area contributed by atoms with Crippen LogP contribution in [0.3, 0.4) is 0 Å². The second-order valence-electron chi connectivity index (χ2n) is 9.43. The van der Waals surface area contributed by atoms with Gasteiger partial charge in [-0.05, 0) is 40.5 Å². The van der Waals surface area contributed by atoms with Gasteiger partial charge in [0, 0.05) is 18.5 Å². The molecule has 10 heteroatoms. The first-order valence-electron chi connectivity index (χ1n) is 10.7. The molecule has 0 radical (unpaired) electrons. The molecule has 3 N–H and O–H groups in total. The number of nitrogens with zero attached hydrogens (tertiary/aromatic N) is 3. The molecule has 1 aromatic heterocycles. The molecule has 0 bridgehead atoms. The maximum absolute atomic E-state index is 12.3. The van der Waals surface area contributed by atoms with E-state index in [4.69, 9.17) is 9.26 Å². The summed E-state index contributed by atoms with van der Waals surface area (Å²) in [7, 11) is 0. The van der Waals surface area contributed by atoms with Crippen molar-refractivity contribution in [1.29, 1.82) is 0 Å². The number of rotatable bonds is 8. The van der Waals surface area contributed by atoms with Crippen LogP contribution in [0.15, 0.2) is 9.52 Å². The lowest BCUT2D eigenvalue weighted by molar-refractivity contribution is 0.0448. The van der Waals surface area contributed by atoms with Crippen LogP contribution >= 0.6 is 24.0 Å². The zero-order chi connectivity index (χ0) is 23.0. The van der Waals surface area contributed by atoms with Gasteiger partial charge in [-0.3, -0.25) is 0 Å². The first kappa shape index (κ1) is 29.4. The Labute approximate surface area is 204 Å². The molecule has 1 rings (SSSR count). The standard InChI is InChI=1S/C21H40N6O3.HI/c1-10-21(11-2,26-18(28)29-20(7,8)9)14-24-17(22-12-3)23-13-15-25-16(30-27-15)19(4,5)6;/h10-14H2,1-9H3,(H,26,28)(H2,22,23,24);1H. The molecular weight excluding hydrogens is 511 g/mol. The highest BCUT2D eigenvalue weighted by Crippen LogP contribution is 2.20. The predicted molar refractivity (Wildman–Crippen MR) is 134 cm³/mol. The minimum Gasteiger partial charge on any atom is -0.444 e. The zero-order valence-corrected chi connectivity index (χ0v) is 22.8. The molecule has 9 nitrogen and oxygen atoms in total. The number of nitrogens with one attached hydrogen (secondary N) is 3. The number of guanidine groups is 1. The van der Waals surface area contributed by atoms with E-state index in [9.17, 15) is 4.79 Å². The van der Waals surface area contributed by atoms with Crippen LogP contribution < -0.4 is 16.0 Å². The molecule has 0 fully saturated rings. The van der Waals surface area contributed by atoms with Crippen molar-refractivity contribution in [3.63, 3.8) is 0 Å². The van der Waals surface area contributed by atoms with E-state index in [1.54, 1.807) is 0 Å².